The van der Waals surface area contributed by atoms with Crippen LogP contribution in [0.2, 0.25) is 0 Å². The molecule has 0 heterocycles. The molecule has 0 amide bonds. The van der Waals surface area contributed by atoms with E-state index in [0.717, 1.165) is 6.42 Å². The van der Waals surface area contributed by atoms with Gasteiger partial charge in [-0.15, -0.1) is 12.4 Å². The van der Waals surface area contributed by atoms with Crippen molar-refractivity contribution in [2.75, 3.05) is 13.7 Å². The number of aliphatic hydroxyl groups excluding tert-OH is 1. The van der Waals surface area contributed by atoms with Crippen LogP contribution in [0.3, 0.4) is 0 Å². The number of hydrogen-bond donors (Lipinski definition) is 2. The van der Waals surface area contributed by atoms with Crippen LogP contribution in [-0.4, -0.2) is 24.8 Å². The zero-order chi connectivity index (χ0) is 8.81. The van der Waals surface area contributed by atoms with Crippen LogP contribution < -0.4 is 5.32 Å². The molecule has 3 heteroatoms. The Morgan fingerprint density at radius 1 is 1.31 bits per heavy atom. The van der Waals surface area contributed by atoms with Crippen molar-refractivity contribution in [1.82, 2.24) is 5.32 Å². The lowest BCUT2D eigenvalue weighted by atomic mass is 10.1. The maximum Gasteiger partial charge on any atom is 0.0587 e. The standard InChI is InChI=1S/C10H15NO.ClH/c1-11-10(8-12)7-9-5-3-2-4-6-9;/h2-6,10-12H,7-8H2,1H3;1H/t10-;/m0./s1. The molecule has 0 aliphatic heterocycles. The minimum Gasteiger partial charge on any atom is -0.395 e. The van der Waals surface area contributed by atoms with Gasteiger partial charge in [-0.05, 0) is 19.0 Å². The van der Waals surface area contributed by atoms with Gasteiger partial charge in [-0.1, -0.05) is 30.3 Å². The minimum atomic E-state index is 0. The van der Waals surface area contributed by atoms with Crippen molar-refractivity contribution in [2.45, 2.75) is 12.5 Å². The third kappa shape index (κ3) is 4.27. The fourth-order valence-corrected chi connectivity index (χ4v) is 1.16. The van der Waals surface area contributed by atoms with Gasteiger partial charge in [0.1, 0.15) is 0 Å². The highest BCUT2D eigenvalue weighted by Gasteiger charge is 2.03. The second-order valence-electron chi connectivity index (χ2n) is 2.86. The van der Waals surface area contributed by atoms with Gasteiger partial charge in [0.25, 0.3) is 0 Å². The van der Waals surface area contributed by atoms with E-state index in [-0.39, 0.29) is 25.1 Å². The predicted molar refractivity (Wildman–Crippen MR) is 57.3 cm³/mol. The monoisotopic (exact) mass is 201 g/mol. The molecular formula is C10H16ClNO. The number of hydrogen-bond acceptors (Lipinski definition) is 2. The van der Waals surface area contributed by atoms with E-state index in [9.17, 15) is 0 Å². The van der Waals surface area contributed by atoms with Gasteiger partial charge < -0.3 is 10.4 Å². The van der Waals surface area contributed by atoms with E-state index >= 15 is 0 Å². The van der Waals surface area contributed by atoms with Gasteiger partial charge in [0.15, 0.2) is 0 Å². The summed E-state index contributed by atoms with van der Waals surface area (Å²) in [4.78, 5) is 0. The van der Waals surface area contributed by atoms with E-state index in [1.807, 2.05) is 25.2 Å². The first-order chi connectivity index (χ1) is 5.86. The van der Waals surface area contributed by atoms with Gasteiger partial charge in [-0.2, -0.15) is 0 Å². The van der Waals surface area contributed by atoms with Gasteiger partial charge in [-0.3, -0.25) is 0 Å². The molecule has 2 nitrogen and oxygen atoms in total. The number of halogens is 1. The first kappa shape index (κ1) is 12.4. The van der Waals surface area contributed by atoms with E-state index < -0.39 is 0 Å². The summed E-state index contributed by atoms with van der Waals surface area (Å²) in [6, 6.07) is 10.3. The predicted octanol–water partition coefficient (Wildman–Crippen LogP) is 1.23. The highest BCUT2D eigenvalue weighted by Crippen LogP contribution is 2.01. The van der Waals surface area contributed by atoms with E-state index in [0.29, 0.717) is 0 Å². The molecule has 0 aromatic heterocycles. The van der Waals surface area contributed by atoms with E-state index in [1.165, 1.54) is 5.56 Å². The van der Waals surface area contributed by atoms with Crippen LogP contribution in [0.15, 0.2) is 30.3 Å². The molecule has 0 fully saturated rings. The highest BCUT2D eigenvalue weighted by molar-refractivity contribution is 5.85. The van der Waals surface area contributed by atoms with Crippen molar-refractivity contribution in [3.8, 4) is 0 Å². The highest BCUT2D eigenvalue weighted by atomic mass is 35.5. The van der Waals surface area contributed by atoms with E-state index in [2.05, 4.69) is 17.4 Å². The van der Waals surface area contributed by atoms with Crippen molar-refractivity contribution in [3.63, 3.8) is 0 Å². The average Bonchev–Trinajstić information content (AvgIpc) is 2.16. The summed E-state index contributed by atoms with van der Waals surface area (Å²) in [5.74, 6) is 0. The molecule has 0 aliphatic rings. The molecule has 1 aromatic carbocycles. The maximum absolute atomic E-state index is 8.92. The summed E-state index contributed by atoms with van der Waals surface area (Å²) in [6.45, 7) is 0.186. The average molecular weight is 202 g/mol. The number of likely N-dealkylation sites (N-methyl/N-ethyl adjacent to an activating group) is 1. The molecule has 0 spiro atoms. The van der Waals surface area contributed by atoms with Gasteiger partial charge in [-0.25, -0.2) is 0 Å². The van der Waals surface area contributed by atoms with E-state index in [4.69, 9.17) is 5.11 Å². The summed E-state index contributed by atoms with van der Waals surface area (Å²) in [5.41, 5.74) is 1.26. The Hall–Kier alpha value is -0.570. The summed E-state index contributed by atoms with van der Waals surface area (Å²) >= 11 is 0. The number of benzene rings is 1. The normalized spacial score (nSPS) is 11.8. The van der Waals surface area contributed by atoms with Gasteiger partial charge >= 0.3 is 0 Å². The van der Waals surface area contributed by atoms with Crippen LogP contribution in [0.4, 0.5) is 0 Å². The minimum absolute atomic E-state index is 0. The Bertz CT molecular complexity index is 211. The smallest absolute Gasteiger partial charge is 0.0587 e. The molecule has 74 valence electrons. The Labute approximate surface area is 85.4 Å². The summed E-state index contributed by atoms with van der Waals surface area (Å²) in [7, 11) is 1.86. The molecule has 0 bridgehead atoms. The molecule has 1 rings (SSSR count). The molecular weight excluding hydrogens is 186 g/mol. The van der Waals surface area contributed by atoms with Crippen molar-refractivity contribution >= 4 is 12.4 Å². The molecule has 2 N–H and O–H groups in total. The van der Waals surface area contributed by atoms with Crippen molar-refractivity contribution in [1.29, 1.82) is 0 Å². The largest absolute Gasteiger partial charge is 0.395 e. The van der Waals surface area contributed by atoms with E-state index in [1.54, 1.807) is 0 Å². The van der Waals surface area contributed by atoms with Crippen LogP contribution in [0, 0.1) is 0 Å². The Kier molecular flexibility index (Phi) is 6.59. The second-order valence-corrected chi connectivity index (χ2v) is 2.86. The van der Waals surface area contributed by atoms with Crippen molar-refractivity contribution < 1.29 is 5.11 Å². The first-order valence-corrected chi connectivity index (χ1v) is 4.19. The molecule has 1 atom stereocenters. The first-order valence-electron chi connectivity index (χ1n) is 4.19. The molecule has 0 aliphatic carbocycles. The number of rotatable bonds is 4. The lowest BCUT2D eigenvalue weighted by Gasteiger charge is -2.12. The number of nitrogens with one attached hydrogen (secondary N) is 1. The van der Waals surface area contributed by atoms with Crippen molar-refractivity contribution in [3.05, 3.63) is 35.9 Å². The topological polar surface area (TPSA) is 32.3 Å². The fourth-order valence-electron chi connectivity index (χ4n) is 1.16. The molecule has 0 radical (unpaired) electrons. The molecule has 0 saturated carbocycles. The van der Waals surface area contributed by atoms with Crippen LogP contribution in [0.1, 0.15) is 5.56 Å². The van der Waals surface area contributed by atoms with Gasteiger partial charge in [0, 0.05) is 6.04 Å². The zero-order valence-corrected chi connectivity index (χ0v) is 8.55. The summed E-state index contributed by atoms with van der Waals surface area (Å²) < 4.78 is 0. The fraction of sp³-hybridized carbons (Fsp3) is 0.400. The van der Waals surface area contributed by atoms with Crippen LogP contribution >= 0.6 is 12.4 Å². The third-order valence-electron chi connectivity index (χ3n) is 1.95. The Balaban J connectivity index is 0.00000144. The molecule has 0 saturated heterocycles. The lowest BCUT2D eigenvalue weighted by molar-refractivity contribution is 0.248. The summed E-state index contributed by atoms with van der Waals surface area (Å²) in [5, 5.41) is 12.0. The Morgan fingerprint density at radius 2 is 1.92 bits per heavy atom. The maximum atomic E-state index is 8.92. The molecule has 0 unspecified atom stereocenters. The van der Waals surface area contributed by atoms with Gasteiger partial charge in [0.2, 0.25) is 0 Å². The number of aliphatic hydroxyl groups is 1. The van der Waals surface area contributed by atoms with Gasteiger partial charge in [0.05, 0.1) is 6.61 Å². The Morgan fingerprint density at radius 3 is 2.38 bits per heavy atom. The van der Waals surface area contributed by atoms with Crippen molar-refractivity contribution in [2.24, 2.45) is 0 Å². The molecule has 13 heavy (non-hydrogen) atoms. The van der Waals surface area contributed by atoms with Crippen LogP contribution in [0.5, 0.6) is 0 Å². The quantitative estimate of drug-likeness (QED) is 0.768. The summed E-state index contributed by atoms with van der Waals surface area (Å²) in [6.07, 6.45) is 0.883. The zero-order valence-electron chi connectivity index (χ0n) is 7.73. The second kappa shape index (κ2) is 6.89. The third-order valence-corrected chi connectivity index (χ3v) is 1.95. The van der Waals surface area contributed by atoms with Crippen LogP contribution in [0.25, 0.3) is 0 Å². The molecule has 1 aromatic rings. The SMILES string of the molecule is CN[C@H](CO)Cc1ccccc1.Cl. The van der Waals surface area contributed by atoms with Crippen LogP contribution in [-0.2, 0) is 6.42 Å². The lowest BCUT2D eigenvalue weighted by Crippen LogP contribution is -2.31.